The average molecular weight is 230 g/mol. The van der Waals surface area contributed by atoms with Gasteiger partial charge in [-0.3, -0.25) is 0 Å². The number of hydrogen-bond acceptors (Lipinski definition) is 1. The lowest BCUT2D eigenvalue weighted by molar-refractivity contribution is 0.319. The van der Waals surface area contributed by atoms with Gasteiger partial charge >= 0.3 is 0 Å². The van der Waals surface area contributed by atoms with Gasteiger partial charge in [0.2, 0.25) is 0 Å². The summed E-state index contributed by atoms with van der Waals surface area (Å²) in [4.78, 5) is 0. The second-order valence-corrected chi connectivity index (χ2v) is 5.34. The Bertz CT molecular complexity index is 369. The highest BCUT2D eigenvalue weighted by Gasteiger charge is 2.27. The fourth-order valence-corrected chi connectivity index (χ4v) is 1.66. The van der Waals surface area contributed by atoms with Gasteiger partial charge in [0.15, 0.2) is 0 Å². The number of nitrogens with two attached hydrogens (primary N) is 1. The molecule has 84 valence electrons. The minimum Gasteiger partial charge on any atom is -0.323 e. The van der Waals surface area contributed by atoms with E-state index >= 15 is 0 Å². The van der Waals surface area contributed by atoms with Crippen LogP contribution in [0.25, 0.3) is 0 Å². The van der Waals surface area contributed by atoms with E-state index in [-0.39, 0.29) is 11.2 Å². The van der Waals surface area contributed by atoms with Crippen LogP contribution in [0.5, 0.6) is 0 Å². The van der Waals surface area contributed by atoms with Crippen molar-refractivity contribution in [2.24, 2.45) is 11.1 Å². The van der Waals surface area contributed by atoms with Gasteiger partial charge in [0, 0.05) is 16.6 Å². The first-order valence-corrected chi connectivity index (χ1v) is 5.33. The van der Waals surface area contributed by atoms with E-state index in [9.17, 15) is 4.39 Å². The van der Waals surface area contributed by atoms with Crippen LogP contribution >= 0.6 is 11.6 Å². The van der Waals surface area contributed by atoms with E-state index in [1.54, 1.807) is 19.1 Å². The largest absolute Gasteiger partial charge is 0.323 e. The lowest BCUT2D eigenvalue weighted by Crippen LogP contribution is -2.27. The molecule has 0 saturated heterocycles. The molecule has 1 rings (SSSR count). The summed E-state index contributed by atoms with van der Waals surface area (Å²) in [5, 5.41) is 0.403. The van der Waals surface area contributed by atoms with Gasteiger partial charge in [0.1, 0.15) is 5.82 Å². The standard InChI is InChI=1S/C12H17ClFN/c1-7-5-6-8(13)9(10(7)14)11(15)12(2,3)4/h5-6,11H,15H2,1-4H3/t11-/m0/s1. The Labute approximate surface area is 95.4 Å². The number of aryl methyl sites for hydroxylation is 1. The summed E-state index contributed by atoms with van der Waals surface area (Å²) in [5.74, 6) is -0.287. The molecule has 0 aliphatic heterocycles. The van der Waals surface area contributed by atoms with Crippen molar-refractivity contribution in [2.45, 2.75) is 33.7 Å². The summed E-state index contributed by atoms with van der Waals surface area (Å²) in [7, 11) is 0. The lowest BCUT2D eigenvalue weighted by Gasteiger charge is -2.28. The molecule has 1 aromatic carbocycles. The molecule has 0 spiro atoms. The maximum atomic E-state index is 13.9. The van der Waals surface area contributed by atoms with Crippen molar-refractivity contribution >= 4 is 11.6 Å². The number of benzene rings is 1. The van der Waals surface area contributed by atoms with E-state index in [1.807, 2.05) is 20.8 Å². The molecule has 0 saturated carbocycles. The molecule has 0 radical (unpaired) electrons. The molecule has 1 atom stereocenters. The minimum absolute atomic E-state index is 0.210. The highest BCUT2D eigenvalue weighted by Crippen LogP contribution is 2.36. The fourth-order valence-electron chi connectivity index (χ4n) is 1.40. The van der Waals surface area contributed by atoms with Gasteiger partial charge in [0.25, 0.3) is 0 Å². The third-order valence-electron chi connectivity index (χ3n) is 2.56. The maximum absolute atomic E-state index is 13.9. The van der Waals surface area contributed by atoms with Gasteiger partial charge < -0.3 is 5.73 Å². The molecular formula is C12H17ClFN. The number of rotatable bonds is 1. The Balaban J connectivity index is 3.31. The Morgan fingerprint density at radius 1 is 1.33 bits per heavy atom. The molecule has 0 unspecified atom stereocenters. The van der Waals surface area contributed by atoms with Crippen molar-refractivity contribution in [3.63, 3.8) is 0 Å². The minimum atomic E-state index is -0.398. The van der Waals surface area contributed by atoms with Gasteiger partial charge in [-0.2, -0.15) is 0 Å². The van der Waals surface area contributed by atoms with Gasteiger partial charge in [-0.1, -0.05) is 38.4 Å². The van der Waals surface area contributed by atoms with Gasteiger partial charge in [-0.25, -0.2) is 4.39 Å². The van der Waals surface area contributed by atoms with Crippen LogP contribution in [0, 0.1) is 18.2 Å². The van der Waals surface area contributed by atoms with E-state index in [4.69, 9.17) is 17.3 Å². The van der Waals surface area contributed by atoms with Crippen molar-refractivity contribution in [1.82, 2.24) is 0 Å². The van der Waals surface area contributed by atoms with Gasteiger partial charge in [-0.15, -0.1) is 0 Å². The van der Waals surface area contributed by atoms with Crippen molar-refractivity contribution in [2.75, 3.05) is 0 Å². The van der Waals surface area contributed by atoms with Crippen LogP contribution in [0.3, 0.4) is 0 Å². The van der Waals surface area contributed by atoms with E-state index in [2.05, 4.69) is 0 Å². The topological polar surface area (TPSA) is 26.0 Å². The number of hydrogen-bond donors (Lipinski definition) is 1. The van der Waals surface area contributed by atoms with Crippen LogP contribution in [0.4, 0.5) is 4.39 Å². The predicted molar refractivity (Wildman–Crippen MR) is 62.5 cm³/mol. The van der Waals surface area contributed by atoms with Crippen molar-refractivity contribution in [3.05, 3.63) is 34.1 Å². The molecule has 0 amide bonds. The molecule has 15 heavy (non-hydrogen) atoms. The van der Waals surface area contributed by atoms with Crippen molar-refractivity contribution in [1.29, 1.82) is 0 Å². The Morgan fingerprint density at radius 3 is 2.33 bits per heavy atom. The average Bonchev–Trinajstić information content (AvgIpc) is 2.10. The summed E-state index contributed by atoms with van der Waals surface area (Å²) in [6.07, 6.45) is 0. The van der Waals surface area contributed by atoms with Crippen LogP contribution in [0.15, 0.2) is 12.1 Å². The second-order valence-electron chi connectivity index (χ2n) is 4.94. The molecule has 0 heterocycles. The maximum Gasteiger partial charge on any atom is 0.132 e. The normalized spacial score (nSPS) is 14.1. The Kier molecular flexibility index (Phi) is 3.41. The van der Waals surface area contributed by atoms with Crippen molar-refractivity contribution < 1.29 is 4.39 Å². The van der Waals surface area contributed by atoms with Crippen LogP contribution in [0.2, 0.25) is 5.02 Å². The van der Waals surface area contributed by atoms with E-state index in [0.717, 1.165) is 0 Å². The molecule has 3 heteroatoms. The SMILES string of the molecule is Cc1ccc(Cl)c([C@H](N)C(C)(C)C)c1F. The molecule has 0 aromatic heterocycles. The summed E-state index contributed by atoms with van der Waals surface area (Å²) < 4.78 is 13.9. The molecule has 0 bridgehead atoms. The first-order chi connectivity index (χ1) is 6.75. The predicted octanol–water partition coefficient (Wildman–Crippen LogP) is 3.83. The van der Waals surface area contributed by atoms with E-state index < -0.39 is 6.04 Å². The number of halogens is 2. The monoisotopic (exact) mass is 229 g/mol. The molecule has 0 aliphatic rings. The lowest BCUT2D eigenvalue weighted by atomic mass is 9.82. The smallest absolute Gasteiger partial charge is 0.132 e. The highest BCUT2D eigenvalue weighted by atomic mass is 35.5. The summed E-state index contributed by atoms with van der Waals surface area (Å²) in [5.41, 5.74) is 6.81. The summed E-state index contributed by atoms with van der Waals surface area (Å²) in [6, 6.07) is 2.96. The van der Waals surface area contributed by atoms with Gasteiger partial charge in [-0.05, 0) is 24.0 Å². The first-order valence-electron chi connectivity index (χ1n) is 4.95. The fraction of sp³-hybridized carbons (Fsp3) is 0.500. The zero-order valence-corrected chi connectivity index (χ0v) is 10.3. The van der Waals surface area contributed by atoms with Crippen molar-refractivity contribution in [3.8, 4) is 0 Å². The molecule has 1 nitrogen and oxygen atoms in total. The molecule has 2 N–H and O–H groups in total. The summed E-state index contributed by atoms with van der Waals surface area (Å²) >= 11 is 5.98. The second kappa shape index (κ2) is 4.11. The molecule has 0 aliphatic carbocycles. The first kappa shape index (κ1) is 12.5. The van der Waals surface area contributed by atoms with Crippen LogP contribution in [-0.4, -0.2) is 0 Å². The van der Waals surface area contributed by atoms with Gasteiger partial charge in [0.05, 0.1) is 0 Å². The highest BCUT2D eigenvalue weighted by molar-refractivity contribution is 6.31. The zero-order valence-electron chi connectivity index (χ0n) is 9.57. The van der Waals surface area contributed by atoms with E-state index in [0.29, 0.717) is 16.1 Å². The van der Waals surface area contributed by atoms with Crippen LogP contribution in [-0.2, 0) is 0 Å². The third-order valence-corrected chi connectivity index (χ3v) is 2.89. The quantitative estimate of drug-likeness (QED) is 0.778. The van der Waals surface area contributed by atoms with Crippen LogP contribution in [0.1, 0.15) is 37.9 Å². The third kappa shape index (κ3) is 2.50. The molecule has 0 fully saturated rings. The van der Waals surface area contributed by atoms with Crippen LogP contribution < -0.4 is 5.73 Å². The Morgan fingerprint density at radius 2 is 1.87 bits per heavy atom. The summed E-state index contributed by atoms with van der Waals surface area (Å²) in [6.45, 7) is 7.62. The zero-order chi connectivity index (χ0) is 11.8. The molecular weight excluding hydrogens is 213 g/mol. The molecule has 1 aromatic rings. The Hall–Kier alpha value is -0.600. The van der Waals surface area contributed by atoms with E-state index in [1.165, 1.54) is 0 Å².